The molecule has 0 radical (unpaired) electrons. The van der Waals surface area contributed by atoms with Crippen LogP contribution in [-0.4, -0.2) is 17.1 Å². The molecule has 0 amide bonds. The SMILES string of the molecule is CCCC(OC)c1nc(C(C)C)c(I)c(=O)[nH]1. The van der Waals surface area contributed by atoms with Crippen LogP contribution >= 0.6 is 22.6 Å². The predicted molar refractivity (Wildman–Crippen MR) is 76.3 cm³/mol. The number of aromatic amines is 1. The van der Waals surface area contributed by atoms with E-state index in [-0.39, 0.29) is 17.6 Å². The van der Waals surface area contributed by atoms with Gasteiger partial charge in [-0.05, 0) is 34.9 Å². The lowest BCUT2D eigenvalue weighted by Gasteiger charge is -2.16. The van der Waals surface area contributed by atoms with E-state index >= 15 is 0 Å². The Kier molecular flexibility index (Phi) is 5.58. The van der Waals surface area contributed by atoms with Crippen molar-refractivity contribution in [2.75, 3.05) is 7.11 Å². The van der Waals surface area contributed by atoms with Gasteiger partial charge in [0.1, 0.15) is 11.9 Å². The van der Waals surface area contributed by atoms with Gasteiger partial charge in [0.05, 0.1) is 9.26 Å². The van der Waals surface area contributed by atoms with Gasteiger partial charge in [0, 0.05) is 7.11 Å². The molecule has 4 nitrogen and oxygen atoms in total. The zero-order valence-electron chi connectivity index (χ0n) is 10.7. The number of hydrogen-bond donors (Lipinski definition) is 1. The topological polar surface area (TPSA) is 55.0 Å². The summed E-state index contributed by atoms with van der Waals surface area (Å²) in [5.74, 6) is 0.880. The number of ether oxygens (including phenoxy) is 1. The van der Waals surface area contributed by atoms with Crippen LogP contribution in [0.1, 0.15) is 57.2 Å². The highest BCUT2D eigenvalue weighted by molar-refractivity contribution is 14.1. The molecule has 0 fully saturated rings. The first-order valence-corrected chi connectivity index (χ1v) is 6.91. The quantitative estimate of drug-likeness (QED) is 0.831. The van der Waals surface area contributed by atoms with Crippen LogP contribution in [-0.2, 0) is 4.74 Å². The molecule has 0 aliphatic rings. The molecule has 0 aromatic carbocycles. The molecule has 0 aliphatic heterocycles. The lowest BCUT2D eigenvalue weighted by Crippen LogP contribution is -2.21. The summed E-state index contributed by atoms with van der Waals surface area (Å²) in [6, 6.07) is 0. The van der Waals surface area contributed by atoms with Crippen molar-refractivity contribution in [3.63, 3.8) is 0 Å². The van der Waals surface area contributed by atoms with Gasteiger partial charge in [0.15, 0.2) is 0 Å². The van der Waals surface area contributed by atoms with Crippen molar-refractivity contribution in [3.8, 4) is 0 Å². The minimum Gasteiger partial charge on any atom is -0.374 e. The highest BCUT2D eigenvalue weighted by atomic mass is 127. The fraction of sp³-hybridized carbons (Fsp3) is 0.667. The largest absolute Gasteiger partial charge is 0.374 e. The van der Waals surface area contributed by atoms with Gasteiger partial charge in [-0.2, -0.15) is 0 Å². The molecule has 1 atom stereocenters. The molecule has 1 rings (SSSR count). The molecule has 1 aromatic rings. The Bertz CT molecular complexity index is 429. The van der Waals surface area contributed by atoms with E-state index < -0.39 is 0 Å². The van der Waals surface area contributed by atoms with E-state index in [2.05, 4.69) is 16.9 Å². The second-order valence-corrected chi connectivity index (χ2v) is 5.40. The molecule has 5 heteroatoms. The third kappa shape index (κ3) is 3.51. The molecule has 0 spiro atoms. The minimum absolute atomic E-state index is 0.0718. The fourth-order valence-electron chi connectivity index (χ4n) is 1.66. The average molecular weight is 350 g/mol. The molecular weight excluding hydrogens is 331 g/mol. The van der Waals surface area contributed by atoms with Crippen molar-refractivity contribution >= 4 is 22.6 Å². The van der Waals surface area contributed by atoms with E-state index in [9.17, 15) is 4.79 Å². The van der Waals surface area contributed by atoms with Crippen molar-refractivity contribution in [2.45, 2.75) is 45.6 Å². The fourth-order valence-corrected chi connectivity index (χ4v) is 2.54. The van der Waals surface area contributed by atoms with Gasteiger partial charge in [-0.3, -0.25) is 4.79 Å². The Morgan fingerprint density at radius 2 is 2.12 bits per heavy atom. The third-order valence-electron chi connectivity index (χ3n) is 2.59. The molecule has 96 valence electrons. The minimum atomic E-state index is -0.123. The standard InChI is InChI=1S/C12H19IN2O2/c1-5-6-8(17-4)11-14-10(7(2)3)9(13)12(16)15-11/h7-8H,5-6H2,1-4H3,(H,14,15,16). The number of nitrogens with zero attached hydrogens (tertiary/aromatic N) is 1. The zero-order valence-corrected chi connectivity index (χ0v) is 12.9. The monoisotopic (exact) mass is 350 g/mol. The third-order valence-corrected chi connectivity index (χ3v) is 3.64. The zero-order chi connectivity index (χ0) is 13.0. The highest BCUT2D eigenvalue weighted by Gasteiger charge is 2.17. The number of aromatic nitrogens is 2. The summed E-state index contributed by atoms with van der Waals surface area (Å²) < 4.78 is 6.05. The molecule has 17 heavy (non-hydrogen) atoms. The Labute approximate surface area is 115 Å². The first kappa shape index (κ1) is 14.6. The van der Waals surface area contributed by atoms with E-state index in [4.69, 9.17) is 4.74 Å². The van der Waals surface area contributed by atoms with Crippen LogP contribution in [0.25, 0.3) is 0 Å². The number of hydrogen-bond acceptors (Lipinski definition) is 3. The maximum absolute atomic E-state index is 11.8. The van der Waals surface area contributed by atoms with E-state index in [1.165, 1.54) is 0 Å². The summed E-state index contributed by atoms with van der Waals surface area (Å²) in [6.45, 7) is 6.16. The molecule has 0 aliphatic carbocycles. The maximum Gasteiger partial charge on any atom is 0.264 e. The Hall–Kier alpha value is -0.430. The van der Waals surface area contributed by atoms with Crippen LogP contribution in [0.5, 0.6) is 0 Å². The maximum atomic E-state index is 11.8. The first-order valence-electron chi connectivity index (χ1n) is 5.83. The molecule has 1 heterocycles. The van der Waals surface area contributed by atoms with Gasteiger partial charge < -0.3 is 9.72 Å². The molecule has 0 saturated carbocycles. The van der Waals surface area contributed by atoms with Crippen molar-refractivity contribution in [1.29, 1.82) is 0 Å². The van der Waals surface area contributed by atoms with E-state index in [0.29, 0.717) is 9.39 Å². The number of nitrogens with one attached hydrogen (secondary N) is 1. The van der Waals surface area contributed by atoms with Crippen molar-refractivity contribution < 1.29 is 4.74 Å². The summed E-state index contributed by atoms with van der Waals surface area (Å²) in [5, 5.41) is 0. The number of H-pyrrole nitrogens is 1. The highest BCUT2D eigenvalue weighted by Crippen LogP contribution is 2.21. The van der Waals surface area contributed by atoms with Gasteiger partial charge in [-0.1, -0.05) is 27.2 Å². The van der Waals surface area contributed by atoms with Gasteiger partial charge in [0.25, 0.3) is 5.56 Å². The normalized spacial score (nSPS) is 13.1. The molecule has 0 bridgehead atoms. The van der Waals surface area contributed by atoms with Crippen LogP contribution in [0, 0.1) is 3.57 Å². The van der Waals surface area contributed by atoms with E-state index in [1.54, 1.807) is 7.11 Å². The van der Waals surface area contributed by atoms with E-state index in [1.807, 2.05) is 36.4 Å². The summed E-state index contributed by atoms with van der Waals surface area (Å²) in [5.41, 5.74) is 0.778. The molecule has 1 N–H and O–H groups in total. The smallest absolute Gasteiger partial charge is 0.264 e. The van der Waals surface area contributed by atoms with Crippen molar-refractivity contribution in [3.05, 3.63) is 25.4 Å². The van der Waals surface area contributed by atoms with Crippen molar-refractivity contribution in [2.24, 2.45) is 0 Å². The van der Waals surface area contributed by atoms with Gasteiger partial charge in [-0.25, -0.2) is 4.98 Å². The predicted octanol–water partition coefficient (Wildman–Crippen LogP) is 2.99. The Morgan fingerprint density at radius 1 is 1.47 bits per heavy atom. The summed E-state index contributed by atoms with van der Waals surface area (Å²) in [6.07, 6.45) is 1.73. The summed E-state index contributed by atoms with van der Waals surface area (Å²) in [7, 11) is 1.65. The van der Waals surface area contributed by atoms with Crippen LogP contribution in [0.15, 0.2) is 4.79 Å². The molecule has 1 unspecified atom stereocenters. The second-order valence-electron chi connectivity index (χ2n) is 4.32. The van der Waals surface area contributed by atoms with Crippen molar-refractivity contribution in [1.82, 2.24) is 9.97 Å². The van der Waals surface area contributed by atoms with Crippen LogP contribution in [0.3, 0.4) is 0 Å². The van der Waals surface area contributed by atoms with Gasteiger partial charge >= 0.3 is 0 Å². The van der Waals surface area contributed by atoms with Gasteiger partial charge in [0.2, 0.25) is 0 Å². The average Bonchev–Trinajstić information content (AvgIpc) is 2.29. The first-order chi connectivity index (χ1) is 8.01. The lowest BCUT2D eigenvalue weighted by molar-refractivity contribution is 0.0871. The molecule has 1 aromatic heterocycles. The number of rotatable bonds is 5. The molecule has 0 saturated heterocycles. The lowest BCUT2D eigenvalue weighted by atomic mass is 10.1. The summed E-state index contributed by atoms with van der Waals surface area (Å²) in [4.78, 5) is 19.2. The number of halogens is 1. The summed E-state index contributed by atoms with van der Waals surface area (Å²) >= 11 is 2.05. The van der Waals surface area contributed by atoms with Crippen LogP contribution in [0.4, 0.5) is 0 Å². The second kappa shape index (κ2) is 6.49. The van der Waals surface area contributed by atoms with E-state index in [0.717, 1.165) is 18.5 Å². The van der Waals surface area contributed by atoms with Crippen LogP contribution < -0.4 is 5.56 Å². The molecular formula is C12H19IN2O2. The Morgan fingerprint density at radius 3 is 2.59 bits per heavy atom. The van der Waals surface area contributed by atoms with Gasteiger partial charge in [-0.15, -0.1) is 0 Å². The van der Waals surface area contributed by atoms with Crippen LogP contribution in [0.2, 0.25) is 0 Å². The number of methoxy groups -OCH3 is 1. The Balaban J connectivity index is 3.22.